The zero-order valence-corrected chi connectivity index (χ0v) is 13.6. The molecule has 0 amide bonds. The summed E-state index contributed by atoms with van der Waals surface area (Å²) in [5.74, 6) is 0. The minimum Gasteiger partial charge on any atom is -0.243 e. The van der Waals surface area contributed by atoms with Crippen LogP contribution in [-0.4, -0.2) is 13.4 Å². The fourth-order valence-electron chi connectivity index (χ4n) is 1.93. The van der Waals surface area contributed by atoms with Gasteiger partial charge in [0, 0.05) is 17.3 Å². The van der Waals surface area contributed by atoms with E-state index in [-0.39, 0.29) is 16.1 Å². The van der Waals surface area contributed by atoms with Gasteiger partial charge in [-0.05, 0) is 36.2 Å². The number of pyridine rings is 1. The smallest absolute Gasteiger partial charge is 0.243 e. The molecule has 0 spiro atoms. The summed E-state index contributed by atoms with van der Waals surface area (Å²) in [5, 5.41) is 0.510. The Morgan fingerprint density at radius 3 is 2.62 bits per heavy atom. The average Bonchev–Trinajstić information content (AvgIpc) is 2.45. The highest BCUT2D eigenvalue weighted by Crippen LogP contribution is 2.24. The molecule has 1 unspecified atom stereocenters. The predicted molar refractivity (Wildman–Crippen MR) is 84.1 cm³/mol. The molecule has 1 N–H and O–H groups in total. The van der Waals surface area contributed by atoms with E-state index >= 15 is 0 Å². The van der Waals surface area contributed by atoms with Crippen LogP contribution >= 0.6 is 23.2 Å². The van der Waals surface area contributed by atoms with Gasteiger partial charge in [-0.1, -0.05) is 42.3 Å². The summed E-state index contributed by atoms with van der Waals surface area (Å²) in [4.78, 5) is 3.76. The van der Waals surface area contributed by atoms with Crippen LogP contribution in [0.15, 0.2) is 47.5 Å². The van der Waals surface area contributed by atoms with Gasteiger partial charge in [0.15, 0.2) is 0 Å². The van der Waals surface area contributed by atoms with Crippen molar-refractivity contribution in [2.24, 2.45) is 0 Å². The van der Waals surface area contributed by atoms with Gasteiger partial charge in [0.25, 0.3) is 0 Å². The minimum absolute atomic E-state index is 0.0351. The molecule has 1 atom stereocenters. The van der Waals surface area contributed by atoms with Crippen molar-refractivity contribution < 1.29 is 8.42 Å². The van der Waals surface area contributed by atoms with Crippen LogP contribution in [0.3, 0.4) is 0 Å². The first-order chi connectivity index (χ1) is 9.94. The van der Waals surface area contributed by atoms with Crippen molar-refractivity contribution in [3.05, 3.63) is 58.3 Å². The zero-order valence-electron chi connectivity index (χ0n) is 11.3. The summed E-state index contributed by atoms with van der Waals surface area (Å²) < 4.78 is 27.5. The molecule has 2 rings (SSSR count). The average molecular weight is 345 g/mol. The van der Waals surface area contributed by atoms with Gasteiger partial charge in [-0.2, -0.15) is 0 Å². The van der Waals surface area contributed by atoms with E-state index in [0.717, 1.165) is 5.56 Å². The molecule has 2 aromatic rings. The lowest BCUT2D eigenvalue weighted by atomic mass is 10.1. The maximum Gasteiger partial charge on any atom is 0.244 e. The number of nitrogens with one attached hydrogen (secondary N) is 1. The first-order valence-electron chi connectivity index (χ1n) is 6.32. The number of nitrogens with zero attached hydrogens (tertiary/aromatic N) is 1. The second kappa shape index (κ2) is 6.75. The van der Waals surface area contributed by atoms with Crippen LogP contribution in [-0.2, 0) is 10.0 Å². The molecule has 0 saturated carbocycles. The summed E-state index contributed by atoms with van der Waals surface area (Å²) in [7, 11) is -3.75. The summed E-state index contributed by atoms with van der Waals surface area (Å²) in [5.41, 5.74) is 0.800. The Morgan fingerprint density at radius 1 is 1.24 bits per heavy atom. The molecule has 21 heavy (non-hydrogen) atoms. The van der Waals surface area contributed by atoms with Gasteiger partial charge in [-0.25, -0.2) is 18.1 Å². The van der Waals surface area contributed by atoms with E-state index in [1.54, 1.807) is 18.2 Å². The normalized spacial score (nSPS) is 13.1. The monoisotopic (exact) mass is 344 g/mol. The molecule has 1 aromatic carbocycles. The van der Waals surface area contributed by atoms with E-state index in [4.69, 9.17) is 23.2 Å². The Labute approximate surface area is 134 Å². The highest BCUT2D eigenvalue weighted by Gasteiger charge is 2.23. The summed E-state index contributed by atoms with van der Waals surface area (Å²) >= 11 is 11.8. The van der Waals surface area contributed by atoms with Crippen LogP contribution < -0.4 is 4.72 Å². The van der Waals surface area contributed by atoms with Crippen molar-refractivity contribution in [1.82, 2.24) is 9.71 Å². The van der Waals surface area contributed by atoms with Crippen LogP contribution in [0.4, 0.5) is 0 Å². The Morgan fingerprint density at radius 2 is 2.00 bits per heavy atom. The van der Waals surface area contributed by atoms with Gasteiger partial charge in [0.2, 0.25) is 10.0 Å². The highest BCUT2D eigenvalue weighted by atomic mass is 35.5. The molecule has 0 aliphatic heterocycles. The lowest BCUT2D eigenvalue weighted by molar-refractivity contribution is 0.550. The quantitative estimate of drug-likeness (QED) is 0.838. The van der Waals surface area contributed by atoms with E-state index in [0.29, 0.717) is 11.4 Å². The maximum absolute atomic E-state index is 12.4. The van der Waals surface area contributed by atoms with Crippen molar-refractivity contribution in [2.75, 3.05) is 0 Å². The lowest BCUT2D eigenvalue weighted by Crippen LogP contribution is -2.28. The van der Waals surface area contributed by atoms with Gasteiger partial charge in [-0.15, -0.1) is 0 Å². The van der Waals surface area contributed by atoms with Crippen LogP contribution in [0.5, 0.6) is 0 Å². The van der Waals surface area contributed by atoms with E-state index in [9.17, 15) is 8.42 Å². The van der Waals surface area contributed by atoms with E-state index in [1.807, 2.05) is 13.0 Å². The fourth-order valence-corrected chi connectivity index (χ4v) is 3.89. The summed E-state index contributed by atoms with van der Waals surface area (Å²) in [6.45, 7) is 1.89. The van der Waals surface area contributed by atoms with Crippen molar-refractivity contribution in [1.29, 1.82) is 0 Å². The molecule has 0 saturated heterocycles. The molecule has 112 valence electrons. The predicted octanol–water partition coefficient (Wildman–Crippen LogP) is 3.82. The van der Waals surface area contributed by atoms with Gasteiger partial charge >= 0.3 is 0 Å². The molecule has 4 nitrogen and oxygen atoms in total. The third-order valence-corrected chi connectivity index (χ3v) is 5.12. The second-order valence-electron chi connectivity index (χ2n) is 4.43. The number of rotatable bonds is 5. The molecular formula is C14H14Cl2N2O2S. The third-order valence-electron chi connectivity index (χ3n) is 2.97. The lowest BCUT2D eigenvalue weighted by Gasteiger charge is -2.18. The molecule has 0 bridgehead atoms. The molecule has 0 aliphatic rings. The van der Waals surface area contributed by atoms with Crippen LogP contribution in [0, 0.1) is 0 Å². The highest BCUT2D eigenvalue weighted by molar-refractivity contribution is 7.89. The molecule has 0 fully saturated rings. The molecule has 0 aliphatic carbocycles. The number of hydrogen-bond acceptors (Lipinski definition) is 3. The molecule has 1 heterocycles. The van der Waals surface area contributed by atoms with Crippen LogP contribution in [0.25, 0.3) is 0 Å². The van der Waals surface area contributed by atoms with Crippen LogP contribution in [0.2, 0.25) is 10.2 Å². The number of benzene rings is 1. The standard InChI is InChI=1S/C14H14Cl2N2O2S/c1-2-12(10-5-3-6-11(15)9-10)18-21(19,20)13-7-4-8-17-14(13)16/h3-9,12,18H,2H2,1H3. The SMILES string of the molecule is CCC(NS(=O)(=O)c1cccnc1Cl)c1cccc(Cl)c1. The van der Waals surface area contributed by atoms with Crippen molar-refractivity contribution >= 4 is 33.2 Å². The van der Waals surface area contributed by atoms with E-state index < -0.39 is 10.0 Å². The number of hydrogen-bond donors (Lipinski definition) is 1. The van der Waals surface area contributed by atoms with Gasteiger partial charge in [0.05, 0.1) is 0 Å². The zero-order chi connectivity index (χ0) is 15.5. The van der Waals surface area contributed by atoms with Gasteiger partial charge < -0.3 is 0 Å². The largest absolute Gasteiger partial charge is 0.244 e. The Balaban J connectivity index is 2.32. The topological polar surface area (TPSA) is 59.1 Å². The van der Waals surface area contributed by atoms with Gasteiger partial charge in [-0.3, -0.25) is 0 Å². The first-order valence-corrected chi connectivity index (χ1v) is 8.56. The Kier molecular flexibility index (Phi) is 5.22. The Hall–Kier alpha value is -1.14. The number of sulfonamides is 1. The maximum atomic E-state index is 12.4. The Bertz CT molecular complexity index is 735. The van der Waals surface area contributed by atoms with Gasteiger partial charge in [0.1, 0.15) is 10.0 Å². The van der Waals surface area contributed by atoms with Crippen molar-refractivity contribution in [3.63, 3.8) is 0 Å². The number of aromatic nitrogens is 1. The van der Waals surface area contributed by atoms with E-state index in [2.05, 4.69) is 9.71 Å². The molecule has 0 radical (unpaired) electrons. The second-order valence-corrected chi connectivity index (χ2v) is 6.91. The van der Waals surface area contributed by atoms with Crippen molar-refractivity contribution in [2.45, 2.75) is 24.3 Å². The minimum atomic E-state index is -3.75. The van der Waals surface area contributed by atoms with Crippen LogP contribution in [0.1, 0.15) is 24.9 Å². The summed E-state index contributed by atoms with van der Waals surface area (Å²) in [6.07, 6.45) is 2.02. The molecular weight excluding hydrogens is 331 g/mol. The fraction of sp³-hybridized carbons (Fsp3) is 0.214. The molecule has 1 aromatic heterocycles. The molecule has 7 heteroatoms. The number of halogens is 2. The van der Waals surface area contributed by atoms with Crippen molar-refractivity contribution in [3.8, 4) is 0 Å². The van der Waals surface area contributed by atoms with E-state index in [1.165, 1.54) is 18.3 Å². The first kappa shape index (κ1) is 16.2. The summed E-state index contributed by atoms with van der Waals surface area (Å²) in [6, 6.07) is 9.65. The third kappa shape index (κ3) is 3.95.